The number of carbonyl (C=O) groups is 2. The predicted octanol–water partition coefficient (Wildman–Crippen LogP) is 2.72. The molecule has 0 aliphatic carbocycles. The van der Waals surface area contributed by atoms with Crippen molar-refractivity contribution in [2.75, 3.05) is 18.2 Å². The van der Waals surface area contributed by atoms with Gasteiger partial charge in [-0.25, -0.2) is 9.47 Å². The van der Waals surface area contributed by atoms with Crippen LogP contribution < -0.4 is 10.4 Å². The topological polar surface area (TPSA) is 103 Å². The van der Waals surface area contributed by atoms with Crippen LogP contribution in [0.15, 0.2) is 65.5 Å². The number of aromatic nitrogens is 1. The van der Waals surface area contributed by atoms with E-state index in [0.717, 1.165) is 11.1 Å². The first-order valence-corrected chi connectivity index (χ1v) is 10.2. The van der Waals surface area contributed by atoms with Crippen molar-refractivity contribution in [2.24, 2.45) is 0 Å². The number of carbonyl (C=O) groups excluding carboxylic acids is 1. The highest BCUT2D eigenvalue weighted by Crippen LogP contribution is 2.33. The summed E-state index contributed by atoms with van der Waals surface area (Å²) in [6.45, 7) is 3.76. The molecule has 164 valence electrons. The van der Waals surface area contributed by atoms with Crippen molar-refractivity contribution in [1.29, 1.82) is 0 Å². The number of nitrogens with zero attached hydrogens (tertiary/aromatic N) is 3. The minimum Gasteiger partial charge on any atom is -0.502 e. The lowest BCUT2D eigenvalue weighted by molar-refractivity contribution is 0.0663. The van der Waals surface area contributed by atoms with Crippen LogP contribution in [-0.2, 0) is 0 Å². The average Bonchev–Trinajstić information content (AvgIpc) is 2.79. The number of hydrogen-bond donors (Lipinski definition) is 2. The Balaban J connectivity index is 2.07. The second-order valence-electron chi connectivity index (χ2n) is 7.57. The Bertz CT molecular complexity index is 1200. The van der Waals surface area contributed by atoms with Crippen molar-refractivity contribution in [3.05, 3.63) is 99.0 Å². The lowest BCUT2D eigenvalue weighted by Crippen LogP contribution is -2.56. The second kappa shape index (κ2) is 8.22. The first-order valence-electron chi connectivity index (χ1n) is 10.2. The summed E-state index contributed by atoms with van der Waals surface area (Å²) in [5.41, 5.74) is 0.0325. The van der Waals surface area contributed by atoms with Crippen molar-refractivity contribution in [3.8, 4) is 5.75 Å². The van der Waals surface area contributed by atoms with Crippen LogP contribution in [0.25, 0.3) is 0 Å². The highest BCUT2D eigenvalue weighted by Gasteiger charge is 2.39. The van der Waals surface area contributed by atoms with Crippen molar-refractivity contribution in [1.82, 2.24) is 9.58 Å². The van der Waals surface area contributed by atoms with E-state index in [1.165, 1.54) is 16.5 Å². The molecule has 32 heavy (non-hydrogen) atoms. The zero-order valence-electron chi connectivity index (χ0n) is 17.7. The third kappa shape index (κ3) is 3.30. The van der Waals surface area contributed by atoms with Crippen LogP contribution in [0.4, 0.5) is 0 Å². The van der Waals surface area contributed by atoms with Gasteiger partial charge in [-0.3, -0.25) is 14.6 Å². The molecule has 0 bridgehead atoms. The zero-order valence-corrected chi connectivity index (χ0v) is 17.7. The molecule has 1 aliphatic rings. The Hall–Kier alpha value is -4.07. The van der Waals surface area contributed by atoms with E-state index in [2.05, 4.69) is 0 Å². The van der Waals surface area contributed by atoms with Crippen LogP contribution >= 0.6 is 0 Å². The number of pyridine rings is 1. The van der Waals surface area contributed by atoms with Crippen LogP contribution in [0.2, 0.25) is 0 Å². The van der Waals surface area contributed by atoms with E-state index < -0.39 is 34.7 Å². The van der Waals surface area contributed by atoms with Crippen LogP contribution in [0.3, 0.4) is 0 Å². The van der Waals surface area contributed by atoms with Crippen LogP contribution in [0.1, 0.15) is 50.6 Å². The van der Waals surface area contributed by atoms with Gasteiger partial charge in [-0.05, 0) is 25.0 Å². The average molecular weight is 433 g/mol. The van der Waals surface area contributed by atoms with Gasteiger partial charge in [0.05, 0.1) is 11.7 Å². The standard InChI is InChI=1S/C24H23N3O5/c1-3-25-14-26(19(16-10-6-4-7-11-16)17-12-8-5-9-13-17)27-15(2)18(24(31)32)21(28)22(29)20(27)23(25)30/h4-13,19,29H,3,14H2,1-2H3,(H,31,32). The molecule has 0 fully saturated rings. The quantitative estimate of drug-likeness (QED) is 0.641. The van der Waals surface area contributed by atoms with Gasteiger partial charge >= 0.3 is 5.97 Å². The molecule has 2 aromatic carbocycles. The van der Waals surface area contributed by atoms with Crippen molar-refractivity contribution >= 4 is 11.9 Å². The fourth-order valence-electron chi connectivity index (χ4n) is 4.23. The summed E-state index contributed by atoms with van der Waals surface area (Å²) >= 11 is 0. The molecule has 0 saturated heterocycles. The van der Waals surface area contributed by atoms with Gasteiger partial charge in [0, 0.05) is 6.54 Å². The van der Waals surface area contributed by atoms with Crippen LogP contribution in [0, 0.1) is 6.92 Å². The number of fused-ring (bicyclic) bond motifs is 1. The van der Waals surface area contributed by atoms with E-state index >= 15 is 0 Å². The molecule has 0 atom stereocenters. The minimum atomic E-state index is -1.46. The molecule has 1 aliphatic heterocycles. The molecule has 1 aromatic heterocycles. The van der Waals surface area contributed by atoms with Gasteiger partial charge in [0.25, 0.3) is 5.91 Å². The summed E-state index contributed by atoms with van der Waals surface area (Å²) in [5.74, 6) is -2.85. The van der Waals surface area contributed by atoms with Gasteiger partial charge in [-0.2, -0.15) is 0 Å². The van der Waals surface area contributed by atoms with Crippen molar-refractivity contribution in [2.45, 2.75) is 19.9 Å². The predicted molar refractivity (Wildman–Crippen MR) is 119 cm³/mol. The maximum Gasteiger partial charge on any atom is 0.341 e. The lowest BCUT2D eigenvalue weighted by atomic mass is 9.97. The van der Waals surface area contributed by atoms with Gasteiger partial charge in [0.1, 0.15) is 12.2 Å². The lowest BCUT2D eigenvalue weighted by Gasteiger charge is -2.45. The Morgan fingerprint density at radius 1 is 1.00 bits per heavy atom. The first kappa shape index (κ1) is 21.2. The highest BCUT2D eigenvalue weighted by molar-refractivity contribution is 5.98. The Kier molecular flexibility index (Phi) is 5.44. The van der Waals surface area contributed by atoms with E-state index in [0.29, 0.717) is 6.54 Å². The third-order valence-corrected chi connectivity index (χ3v) is 5.74. The normalized spacial score (nSPS) is 13.4. The second-order valence-corrected chi connectivity index (χ2v) is 7.57. The maximum atomic E-state index is 13.1. The Morgan fingerprint density at radius 2 is 1.53 bits per heavy atom. The van der Waals surface area contributed by atoms with E-state index in [4.69, 9.17) is 0 Å². The Labute approximate surface area is 184 Å². The van der Waals surface area contributed by atoms with Gasteiger partial charge in [-0.15, -0.1) is 0 Å². The van der Waals surface area contributed by atoms with Gasteiger partial charge in [0.2, 0.25) is 5.43 Å². The fraction of sp³-hybridized carbons (Fsp3) is 0.208. The molecular weight excluding hydrogens is 410 g/mol. The molecule has 3 aromatic rings. The SMILES string of the molecule is CCN1CN(C(c2ccccc2)c2ccccc2)n2c(C)c(C(=O)O)c(=O)c(O)c2C1=O. The number of aromatic hydroxyl groups is 1. The molecule has 8 heteroatoms. The summed E-state index contributed by atoms with van der Waals surface area (Å²) in [6, 6.07) is 18.8. The molecule has 0 saturated carbocycles. The van der Waals surface area contributed by atoms with Gasteiger partial charge in [0.15, 0.2) is 11.4 Å². The van der Waals surface area contributed by atoms with Crippen LogP contribution in [-0.4, -0.2) is 44.9 Å². The third-order valence-electron chi connectivity index (χ3n) is 5.74. The number of aromatic carboxylic acids is 1. The van der Waals surface area contributed by atoms with Crippen molar-refractivity contribution in [3.63, 3.8) is 0 Å². The monoisotopic (exact) mass is 433 g/mol. The van der Waals surface area contributed by atoms with Crippen molar-refractivity contribution < 1.29 is 19.8 Å². The maximum absolute atomic E-state index is 13.1. The van der Waals surface area contributed by atoms with E-state index in [1.54, 1.807) is 6.92 Å². The van der Waals surface area contributed by atoms with E-state index in [9.17, 15) is 24.6 Å². The molecule has 0 unspecified atom stereocenters. The molecule has 1 amide bonds. The molecule has 2 heterocycles. The molecular formula is C24H23N3O5. The summed E-state index contributed by atoms with van der Waals surface area (Å²) in [6.07, 6.45) is 0. The number of benzene rings is 2. The van der Waals surface area contributed by atoms with Gasteiger partial charge < -0.3 is 15.1 Å². The minimum absolute atomic E-state index is 0.0799. The molecule has 8 nitrogen and oxygen atoms in total. The number of hydrogen-bond acceptors (Lipinski definition) is 5. The molecule has 0 radical (unpaired) electrons. The number of carboxylic acid groups (broad SMARTS) is 1. The molecule has 4 rings (SSSR count). The van der Waals surface area contributed by atoms with Crippen LogP contribution in [0.5, 0.6) is 5.75 Å². The first-order chi connectivity index (χ1) is 15.4. The summed E-state index contributed by atoms with van der Waals surface area (Å²) < 4.78 is 1.39. The van der Waals surface area contributed by atoms with E-state index in [1.807, 2.05) is 65.7 Å². The smallest absolute Gasteiger partial charge is 0.341 e. The molecule has 2 N–H and O–H groups in total. The Morgan fingerprint density at radius 3 is 2.00 bits per heavy atom. The number of carboxylic acids is 1. The fourth-order valence-corrected chi connectivity index (χ4v) is 4.23. The summed E-state index contributed by atoms with van der Waals surface area (Å²) in [4.78, 5) is 39.1. The largest absolute Gasteiger partial charge is 0.502 e. The zero-order chi connectivity index (χ0) is 23.0. The summed E-state index contributed by atoms with van der Waals surface area (Å²) in [7, 11) is 0. The van der Waals surface area contributed by atoms with Gasteiger partial charge in [-0.1, -0.05) is 60.7 Å². The number of rotatable bonds is 5. The highest BCUT2D eigenvalue weighted by atomic mass is 16.4. The summed E-state index contributed by atoms with van der Waals surface area (Å²) in [5, 5.41) is 22.1. The van der Waals surface area contributed by atoms with E-state index in [-0.39, 0.29) is 18.1 Å². The molecule has 0 spiro atoms. The number of amides is 1.